The number of nitrogens with one attached hydrogen (secondary N) is 1. The van der Waals surface area contributed by atoms with Crippen molar-refractivity contribution < 1.29 is 0 Å². The molecule has 0 amide bonds. The van der Waals surface area contributed by atoms with Crippen molar-refractivity contribution in [3.05, 3.63) is 34.3 Å². The van der Waals surface area contributed by atoms with E-state index < -0.39 is 0 Å². The molecule has 1 N–H and O–H groups in total. The standard InChI is InChI=1S/C12H18ClNS/c1-9-6-10(4-5-12(9)13)7-11(14-2)8-15-3/h4-6,11,14H,7-8H2,1-3H3. The molecule has 3 heteroatoms. The Balaban J connectivity index is 2.66. The summed E-state index contributed by atoms with van der Waals surface area (Å²) >= 11 is 7.86. The van der Waals surface area contributed by atoms with Gasteiger partial charge in [-0.15, -0.1) is 0 Å². The largest absolute Gasteiger partial charge is 0.316 e. The molecule has 1 aromatic carbocycles. The first kappa shape index (κ1) is 12.9. The minimum Gasteiger partial charge on any atom is -0.316 e. The maximum Gasteiger partial charge on any atom is 0.0435 e. The predicted molar refractivity (Wildman–Crippen MR) is 71.1 cm³/mol. The average Bonchev–Trinajstić information content (AvgIpc) is 2.23. The zero-order chi connectivity index (χ0) is 11.3. The second kappa shape index (κ2) is 6.41. The summed E-state index contributed by atoms with van der Waals surface area (Å²) in [5, 5.41) is 4.18. The van der Waals surface area contributed by atoms with Crippen molar-refractivity contribution in [1.29, 1.82) is 0 Å². The van der Waals surface area contributed by atoms with Crippen LogP contribution in [0.25, 0.3) is 0 Å². The van der Waals surface area contributed by atoms with Gasteiger partial charge in [-0.1, -0.05) is 23.7 Å². The van der Waals surface area contributed by atoms with Crippen LogP contribution in [0.1, 0.15) is 11.1 Å². The fourth-order valence-electron chi connectivity index (χ4n) is 1.56. The van der Waals surface area contributed by atoms with Crippen molar-refractivity contribution in [2.75, 3.05) is 19.1 Å². The Kier molecular flexibility index (Phi) is 5.51. The molecule has 15 heavy (non-hydrogen) atoms. The third kappa shape index (κ3) is 4.06. The highest BCUT2D eigenvalue weighted by atomic mass is 35.5. The van der Waals surface area contributed by atoms with E-state index in [9.17, 15) is 0 Å². The molecule has 0 radical (unpaired) electrons. The molecule has 0 saturated heterocycles. The lowest BCUT2D eigenvalue weighted by atomic mass is 10.0. The normalized spacial score (nSPS) is 12.8. The van der Waals surface area contributed by atoms with Crippen molar-refractivity contribution in [2.45, 2.75) is 19.4 Å². The summed E-state index contributed by atoms with van der Waals surface area (Å²) in [6.07, 6.45) is 3.20. The Labute approximate surface area is 102 Å². The molecule has 0 aliphatic rings. The van der Waals surface area contributed by atoms with Crippen LogP contribution < -0.4 is 5.32 Å². The van der Waals surface area contributed by atoms with Crippen LogP contribution in [0.2, 0.25) is 5.02 Å². The Bertz CT molecular complexity index is 314. The topological polar surface area (TPSA) is 12.0 Å². The van der Waals surface area contributed by atoms with Crippen LogP contribution in [-0.4, -0.2) is 25.1 Å². The molecule has 0 fully saturated rings. The first-order valence-corrected chi connectivity index (χ1v) is 6.85. The molecular formula is C12H18ClNS. The molecule has 0 bridgehead atoms. The molecule has 0 spiro atoms. The number of hydrogen-bond acceptors (Lipinski definition) is 2. The third-order valence-corrected chi connectivity index (χ3v) is 3.64. The maximum atomic E-state index is 5.99. The van der Waals surface area contributed by atoms with E-state index in [0.29, 0.717) is 6.04 Å². The van der Waals surface area contributed by atoms with Crippen molar-refractivity contribution >= 4 is 23.4 Å². The summed E-state index contributed by atoms with van der Waals surface area (Å²) < 4.78 is 0. The highest BCUT2D eigenvalue weighted by Crippen LogP contribution is 2.17. The Hall–Kier alpha value is -0.180. The number of benzene rings is 1. The first-order chi connectivity index (χ1) is 7.17. The molecule has 0 aliphatic carbocycles. The Morgan fingerprint density at radius 2 is 2.20 bits per heavy atom. The summed E-state index contributed by atoms with van der Waals surface area (Å²) in [7, 11) is 2.02. The summed E-state index contributed by atoms with van der Waals surface area (Å²) in [4.78, 5) is 0. The third-order valence-electron chi connectivity index (χ3n) is 2.48. The van der Waals surface area contributed by atoms with Crippen LogP contribution in [0, 0.1) is 6.92 Å². The lowest BCUT2D eigenvalue weighted by molar-refractivity contribution is 0.617. The second-order valence-corrected chi connectivity index (χ2v) is 5.05. The van der Waals surface area contributed by atoms with Crippen molar-refractivity contribution in [3.8, 4) is 0 Å². The Morgan fingerprint density at radius 1 is 1.47 bits per heavy atom. The number of halogens is 1. The zero-order valence-electron chi connectivity index (χ0n) is 9.51. The molecule has 0 aliphatic heterocycles. The van der Waals surface area contributed by atoms with Gasteiger partial charge in [0.05, 0.1) is 0 Å². The second-order valence-electron chi connectivity index (χ2n) is 3.73. The minimum absolute atomic E-state index is 0.542. The highest BCUT2D eigenvalue weighted by molar-refractivity contribution is 7.98. The van der Waals surface area contributed by atoms with Crippen molar-refractivity contribution in [2.24, 2.45) is 0 Å². The molecule has 0 saturated carbocycles. The van der Waals surface area contributed by atoms with E-state index in [0.717, 1.165) is 22.8 Å². The number of hydrogen-bond donors (Lipinski definition) is 1. The predicted octanol–water partition coefficient (Wildman–Crippen LogP) is 3.14. The Morgan fingerprint density at radius 3 is 2.73 bits per heavy atom. The van der Waals surface area contributed by atoms with Gasteiger partial charge in [0.25, 0.3) is 0 Å². The summed E-state index contributed by atoms with van der Waals surface area (Å²) in [6, 6.07) is 6.81. The molecule has 0 aromatic heterocycles. The number of thioether (sulfide) groups is 1. The van der Waals surface area contributed by atoms with E-state index >= 15 is 0 Å². The molecule has 0 heterocycles. The number of likely N-dealkylation sites (N-methyl/N-ethyl adjacent to an activating group) is 1. The van der Waals surface area contributed by atoms with Crippen LogP contribution in [0.3, 0.4) is 0 Å². The number of aryl methyl sites for hydroxylation is 1. The van der Waals surface area contributed by atoms with Crippen molar-refractivity contribution in [3.63, 3.8) is 0 Å². The molecule has 1 unspecified atom stereocenters. The van der Waals surface area contributed by atoms with Gasteiger partial charge < -0.3 is 5.32 Å². The van der Waals surface area contributed by atoms with Gasteiger partial charge in [0, 0.05) is 16.8 Å². The van der Waals surface area contributed by atoms with Crippen molar-refractivity contribution in [1.82, 2.24) is 5.32 Å². The lowest BCUT2D eigenvalue weighted by Crippen LogP contribution is -2.29. The van der Waals surface area contributed by atoms with Gasteiger partial charge in [-0.05, 0) is 43.8 Å². The fraction of sp³-hybridized carbons (Fsp3) is 0.500. The van der Waals surface area contributed by atoms with Crippen LogP contribution in [-0.2, 0) is 6.42 Å². The minimum atomic E-state index is 0.542. The van der Waals surface area contributed by atoms with Crippen LogP contribution in [0.4, 0.5) is 0 Å². The van der Waals surface area contributed by atoms with Gasteiger partial charge in [-0.3, -0.25) is 0 Å². The molecule has 1 aromatic rings. The van der Waals surface area contributed by atoms with E-state index in [1.165, 1.54) is 5.56 Å². The average molecular weight is 244 g/mol. The van der Waals surface area contributed by atoms with Gasteiger partial charge in [0.1, 0.15) is 0 Å². The molecule has 1 nitrogen and oxygen atoms in total. The first-order valence-electron chi connectivity index (χ1n) is 5.08. The van der Waals surface area contributed by atoms with Gasteiger partial charge in [0.2, 0.25) is 0 Å². The quantitative estimate of drug-likeness (QED) is 0.853. The van der Waals surface area contributed by atoms with E-state index in [-0.39, 0.29) is 0 Å². The van der Waals surface area contributed by atoms with E-state index in [2.05, 4.69) is 30.6 Å². The molecule has 84 valence electrons. The van der Waals surface area contributed by atoms with Crippen LogP contribution in [0.5, 0.6) is 0 Å². The highest BCUT2D eigenvalue weighted by Gasteiger charge is 2.07. The van der Waals surface area contributed by atoms with Crippen LogP contribution in [0.15, 0.2) is 18.2 Å². The molecular weight excluding hydrogens is 226 g/mol. The molecule has 1 rings (SSSR count). The maximum absolute atomic E-state index is 5.99. The van der Waals surface area contributed by atoms with Gasteiger partial charge in [0.15, 0.2) is 0 Å². The molecule has 1 atom stereocenters. The van der Waals surface area contributed by atoms with E-state index in [1.54, 1.807) is 0 Å². The fourth-order valence-corrected chi connectivity index (χ4v) is 2.37. The van der Waals surface area contributed by atoms with Crippen LogP contribution >= 0.6 is 23.4 Å². The number of rotatable bonds is 5. The van der Waals surface area contributed by atoms with E-state index in [1.807, 2.05) is 24.9 Å². The summed E-state index contributed by atoms with van der Waals surface area (Å²) in [6.45, 7) is 2.05. The van der Waals surface area contributed by atoms with Gasteiger partial charge in [-0.2, -0.15) is 11.8 Å². The van der Waals surface area contributed by atoms with Gasteiger partial charge in [-0.25, -0.2) is 0 Å². The van der Waals surface area contributed by atoms with E-state index in [4.69, 9.17) is 11.6 Å². The smallest absolute Gasteiger partial charge is 0.0435 e. The monoisotopic (exact) mass is 243 g/mol. The SMILES string of the molecule is CNC(CSC)Cc1ccc(Cl)c(C)c1. The zero-order valence-corrected chi connectivity index (χ0v) is 11.1. The lowest BCUT2D eigenvalue weighted by Gasteiger charge is -2.15. The van der Waals surface area contributed by atoms with Gasteiger partial charge >= 0.3 is 0 Å². The summed E-state index contributed by atoms with van der Waals surface area (Å²) in [5.41, 5.74) is 2.51. The summed E-state index contributed by atoms with van der Waals surface area (Å²) in [5.74, 6) is 1.14.